The van der Waals surface area contributed by atoms with Crippen molar-refractivity contribution in [3.8, 4) is 0 Å². The van der Waals surface area contributed by atoms with E-state index in [4.69, 9.17) is 4.55 Å². The summed E-state index contributed by atoms with van der Waals surface area (Å²) in [5.74, 6) is 0. The van der Waals surface area contributed by atoms with Crippen molar-refractivity contribution in [3.63, 3.8) is 0 Å². The summed E-state index contributed by atoms with van der Waals surface area (Å²) in [6.07, 6.45) is 0. The van der Waals surface area contributed by atoms with Crippen molar-refractivity contribution < 1.29 is 18.1 Å². The Kier molecular flexibility index (Phi) is 2.67. The van der Waals surface area contributed by atoms with Crippen LogP contribution in [0.1, 0.15) is 19.4 Å². The van der Waals surface area contributed by atoms with Crippen LogP contribution < -0.4 is 0 Å². The van der Waals surface area contributed by atoms with Gasteiger partial charge in [0.15, 0.2) is 0 Å². The van der Waals surface area contributed by atoms with E-state index in [9.17, 15) is 13.5 Å². The van der Waals surface area contributed by atoms with Crippen LogP contribution in [0.15, 0.2) is 29.2 Å². The minimum atomic E-state index is -4.15. The van der Waals surface area contributed by atoms with E-state index in [1.807, 2.05) is 0 Å². The Hall–Kier alpha value is -0.910. The predicted molar refractivity (Wildman–Crippen MR) is 51.5 cm³/mol. The normalized spacial score (nSPS) is 12.9. The summed E-state index contributed by atoms with van der Waals surface area (Å²) in [5.41, 5.74) is -0.428. The lowest BCUT2D eigenvalue weighted by molar-refractivity contribution is 0.0785. The third-order valence-electron chi connectivity index (χ3n) is 1.86. The lowest BCUT2D eigenvalue weighted by Gasteiger charge is -2.17. The molecule has 0 saturated heterocycles. The van der Waals surface area contributed by atoms with Gasteiger partial charge in [0.1, 0.15) is 0 Å². The highest BCUT2D eigenvalue weighted by Gasteiger charge is 2.17. The average molecular weight is 216 g/mol. The van der Waals surface area contributed by atoms with E-state index in [2.05, 4.69) is 0 Å². The second kappa shape index (κ2) is 3.34. The molecule has 0 aliphatic carbocycles. The van der Waals surface area contributed by atoms with Crippen LogP contribution in [-0.4, -0.2) is 18.1 Å². The van der Waals surface area contributed by atoms with E-state index in [1.165, 1.54) is 24.3 Å². The first-order valence-corrected chi connectivity index (χ1v) is 5.46. The summed E-state index contributed by atoms with van der Waals surface area (Å²) >= 11 is 0. The molecule has 0 aliphatic heterocycles. The zero-order chi connectivity index (χ0) is 11.0. The summed E-state index contributed by atoms with van der Waals surface area (Å²) < 4.78 is 30.1. The summed E-state index contributed by atoms with van der Waals surface area (Å²) in [6.45, 7) is 3.19. The van der Waals surface area contributed by atoms with Crippen molar-refractivity contribution >= 4 is 10.1 Å². The topological polar surface area (TPSA) is 74.6 Å². The molecule has 0 aliphatic rings. The van der Waals surface area contributed by atoms with Gasteiger partial charge in [-0.15, -0.1) is 0 Å². The van der Waals surface area contributed by atoms with Crippen LogP contribution in [0.2, 0.25) is 0 Å². The Morgan fingerprint density at radius 1 is 1.14 bits per heavy atom. The highest BCUT2D eigenvalue weighted by atomic mass is 32.2. The molecule has 4 nitrogen and oxygen atoms in total. The Morgan fingerprint density at radius 2 is 1.57 bits per heavy atom. The van der Waals surface area contributed by atoms with Crippen LogP contribution in [0.3, 0.4) is 0 Å². The molecule has 0 aromatic heterocycles. The number of aliphatic hydroxyl groups is 1. The summed E-state index contributed by atoms with van der Waals surface area (Å²) in [5, 5.41) is 9.57. The highest BCUT2D eigenvalue weighted by Crippen LogP contribution is 2.20. The molecule has 1 aromatic carbocycles. The number of hydrogen-bond donors (Lipinski definition) is 2. The van der Waals surface area contributed by atoms with E-state index in [1.54, 1.807) is 13.8 Å². The van der Waals surface area contributed by atoms with Crippen molar-refractivity contribution in [2.24, 2.45) is 0 Å². The summed E-state index contributed by atoms with van der Waals surface area (Å²) in [6, 6.07) is 5.43. The second-order valence-electron chi connectivity index (χ2n) is 3.56. The van der Waals surface area contributed by atoms with Gasteiger partial charge in [-0.2, -0.15) is 8.42 Å². The molecule has 0 unspecified atom stereocenters. The first-order valence-electron chi connectivity index (χ1n) is 4.02. The molecule has 0 heterocycles. The highest BCUT2D eigenvalue weighted by molar-refractivity contribution is 7.85. The van der Waals surface area contributed by atoms with Crippen LogP contribution in [0, 0.1) is 0 Å². The van der Waals surface area contributed by atoms with Crippen molar-refractivity contribution in [2.75, 3.05) is 0 Å². The zero-order valence-corrected chi connectivity index (χ0v) is 8.75. The van der Waals surface area contributed by atoms with Crippen LogP contribution in [0.5, 0.6) is 0 Å². The van der Waals surface area contributed by atoms with Crippen LogP contribution in [0.25, 0.3) is 0 Å². The maximum atomic E-state index is 10.7. The minimum absolute atomic E-state index is 0.175. The Morgan fingerprint density at radius 3 is 1.86 bits per heavy atom. The molecule has 78 valence electrons. The first-order chi connectivity index (χ1) is 6.21. The van der Waals surface area contributed by atoms with Gasteiger partial charge >= 0.3 is 0 Å². The van der Waals surface area contributed by atoms with E-state index < -0.39 is 15.7 Å². The monoisotopic (exact) mass is 216 g/mol. The number of rotatable bonds is 2. The molecule has 1 aromatic rings. The summed E-state index contributed by atoms with van der Waals surface area (Å²) in [4.78, 5) is -0.175. The third kappa shape index (κ3) is 2.54. The largest absolute Gasteiger partial charge is 0.386 e. The molecule has 0 fully saturated rings. The molecule has 5 heteroatoms. The van der Waals surface area contributed by atoms with Crippen molar-refractivity contribution in [2.45, 2.75) is 24.3 Å². The van der Waals surface area contributed by atoms with Gasteiger partial charge in [-0.3, -0.25) is 4.55 Å². The van der Waals surface area contributed by atoms with Gasteiger partial charge in [-0.25, -0.2) is 0 Å². The lowest BCUT2D eigenvalue weighted by Crippen LogP contribution is -2.15. The molecule has 0 saturated carbocycles. The van der Waals surface area contributed by atoms with Gasteiger partial charge in [0.25, 0.3) is 10.1 Å². The van der Waals surface area contributed by atoms with Crippen molar-refractivity contribution in [3.05, 3.63) is 29.8 Å². The van der Waals surface area contributed by atoms with Crippen molar-refractivity contribution in [1.29, 1.82) is 0 Å². The van der Waals surface area contributed by atoms with Crippen LogP contribution in [-0.2, 0) is 15.7 Å². The van der Waals surface area contributed by atoms with Gasteiger partial charge in [0.05, 0.1) is 10.5 Å². The van der Waals surface area contributed by atoms with E-state index in [0.717, 1.165) is 0 Å². The Labute approximate surface area is 82.9 Å². The van der Waals surface area contributed by atoms with E-state index >= 15 is 0 Å². The fraction of sp³-hybridized carbons (Fsp3) is 0.333. The number of hydrogen-bond acceptors (Lipinski definition) is 3. The molecule has 0 amide bonds. The van der Waals surface area contributed by atoms with E-state index in [-0.39, 0.29) is 4.90 Å². The van der Waals surface area contributed by atoms with Gasteiger partial charge in [-0.05, 0) is 31.5 Å². The van der Waals surface area contributed by atoms with Crippen LogP contribution in [0.4, 0.5) is 0 Å². The van der Waals surface area contributed by atoms with Gasteiger partial charge < -0.3 is 5.11 Å². The lowest BCUT2D eigenvalue weighted by atomic mass is 9.99. The maximum Gasteiger partial charge on any atom is 0.294 e. The molecule has 1 rings (SSSR count). The minimum Gasteiger partial charge on any atom is -0.386 e. The smallest absolute Gasteiger partial charge is 0.294 e. The van der Waals surface area contributed by atoms with Gasteiger partial charge in [0, 0.05) is 0 Å². The van der Waals surface area contributed by atoms with Gasteiger partial charge in [0.2, 0.25) is 0 Å². The fourth-order valence-electron chi connectivity index (χ4n) is 1.03. The quantitative estimate of drug-likeness (QED) is 0.727. The molecular formula is C9H12O4S. The molecule has 2 N–H and O–H groups in total. The fourth-order valence-corrected chi connectivity index (χ4v) is 1.51. The molecule has 0 spiro atoms. The standard InChI is InChI=1S/C9H12O4S/c1-9(2,10)7-3-5-8(6-4-7)14(11,12)13/h3-6,10H,1-2H3,(H,11,12,13). The number of benzene rings is 1. The summed E-state index contributed by atoms with van der Waals surface area (Å²) in [7, 11) is -4.15. The van der Waals surface area contributed by atoms with Crippen LogP contribution >= 0.6 is 0 Å². The second-order valence-corrected chi connectivity index (χ2v) is 4.98. The predicted octanol–water partition coefficient (Wildman–Crippen LogP) is 1.16. The maximum absolute atomic E-state index is 10.7. The average Bonchev–Trinajstić information content (AvgIpc) is 2.01. The molecule has 0 radical (unpaired) electrons. The molecular weight excluding hydrogens is 204 g/mol. The first kappa shape index (κ1) is 11.2. The Balaban J connectivity index is 3.14. The SMILES string of the molecule is CC(C)(O)c1ccc(S(=O)(=O)O)cc1. The molecule has 0 atom stereocenters. The van der Waals surface area contributed by atoms with E-state index in [0.29, 0.717) is 5.56 Å². The molecule has 14 heavy (non-hydrogen) atoms. The Bertz CT molecular complexity index is 411. The molecule has 0 bridgehead atoms. The third-order valence-corrected chi connectivity index (χ3v) is 2.73. The van der Waals surface area contributed by atoms with Crippen molar-refractivity contribution in [1.82, 2.24) is 0 Å². The zero-order valence-electron chi connectivity index (χ0n) is 7.93. The van der Waals surface area contributed by atoms with Gasteiger partial charge in [-0.1, -0.05) is 12.1 Å².